The van der Waals surface area contributed by atoms with Crippen molar-refractivity contribution in [2.45, 2.75) is 32.2 Å². The molecule has 1 atom stereocenters. The van der Waals surface area contributed by atoms with Gasteiger partial charge in [0.2, 0.25) is 0 Å². The van der Waals surface area contributed by atoms with E-state index in [1.165, 1.54) is 19.1 Å². The maximum absolute atomic E-state index is 11.6. The lowest BCUT2D eigenvalue weighted by atomic mass is 10.2. The molecule has 7 heteroatoms. The average molecular weight is 260 g/mol. The Morgan fingerprint density at radius 1 is 1.39 bits per heavy atom. The van der Waals surface area contributed by atoms with Crippen LogP contribution in [0.3, 0.4) is 0 Å². The maximum Gasteiger partial charge on any atom is 0.326 e. The van der Waals surface area contributed by atoms with Gasteiger partial charge in [-0.15, -0.1) is 0 Å². The van der Waals surface area contributed by atoms with Crippen molar-refractivity contribution >= 4 is 18.0 Å². The number of esters is 1. The topological polar surface area (TPSA) is 95.9 Å². The van der Waals surface area contributed by atoms with E-state index in [9.17, 15) is 14.4 Å². The van der Waals surface area contributed by atoms with Crippen molar-refractivity contribution in [3.63, 3.8) is 0 Å². The summed E-state index contributed by atoms with van der Waals surface area (Å²) >= 11 is 0. The molecular weight excluding hydrogens is 240 g/mol. The van der Waals surface area contributed by atoms with Gasteiger partial charge in [-0.25, -0.2) is 9.59 Å². The molecule has 0 aliphatic heterocycles. The zero-order valence-electron chi connectivity index (χ0n) is 10.9. The SMILES string of the molecule is CCC[C@H](NC(=O)N(C)CCC(=O)OC)C(=O)O. The number of amides is 2. The fraction of sp³-hybridized carbons (Fsp3) is 0.727. The number of carbonyl (C=O) groups excluding carboxylic acids is 2. The van der Waals surface area contributed by atoms with Crippen LogP contribution in [0.25, 0.3) is 0 Å². The molecule has 0 heterocycles. The van der Waals surface area contributed by atoms with E-state index < -0.39 is 24.0 Å². The van der Waals surface area contributed by atoms with Crippen LogP contribution < -0.4 is 5.32 Å². The predicted octanol–water partition coefficient (Wildman–Crippen LogP) is 0.444. The van der Waals surface area contributed by atoms with E-state index in [1.54, 1.807) is 0 Å². The number of carboxylic acid groups (broad SMARTS) is 1. The second kappa shape index (κ2) is 8.32. The molecule has 0 aliphatic rings. The number of carbonyl (C=O) groups is 3. The molecular formula is C11H20N2O5. The van der Waals surface area contributed by atoms with Crippen LogP contribution in [0.15, 0.2) is 0 Å². The molecule has 0 radical (unpaired) electrons. The summed E-state index contributed by atoms with van der Waals surface area (Å²) in [5.41, 5.74) is 0. The molecule has 0 aromatic rings. The Labute approximate surface area is 106 Å². The minimum Gasteiger partial charge on any atom is -0.480 e. The van der Waals surface area contributed by atoms with Gasteiger partial charge in [0.1, 0.15) is 6.04 Å². The highest BCUT2D eigenvalue weighted by molar-refractivity contribution is 5.82. The number of urea groups is 1. The third-order valence-corrected chi connectivity index (χ3v) is 2.40. The highest BCUT2D eigenvalue weighted by Gasteiger charge is 2.20. The van der Waals surface area contributed by atoms with Crippen LogP contribution in [0.2, 0.25) is 0 Å². The van der Waals surface area contributed by atoms with E-state index in [4.69, 9.17) is 5.11 Å². The molecule has 0 rings (SSSR count). The van der Waals surface area contributed by atoms with Gasteiger partial charge >= 0.3 is 18.0 Å². The summed E-state index contributed by atoms with van der Waals surface area (Å²) in [5, 5.41) is 11.3. The van der Waals surface area contributed by atoms with Gasteiger partial charge in [0, 0.05) is 13.6 Å². The van der Waals surface area contributed by atoms with E-state index in [-0.39, 0.29) is 13.0 Å². The lowest BCUT2D eigenvalue weighted by Gasteiger charge is -2.20. The second-order valence-electron chi connectivity index (χ2n) is 3.88. The van der Waals surface area contributed by atoms with Gasteiger partial charge in [0.05, 0.1) is 13.5 Å². The van der Waals surface area contributed by atoms with Crippen LogP contribution in [-0.4, -0.2) is 54.7 Å². The molecule has 0 bridgehead atoms. The van der Waals surface area contributed by atoms with Crippen molar-refractivity contribution in [3.8, 4) is 0 Å². The van der Waals surface area contributed by atoms with Crippen LogP contribution in [0.1, 0.15) is 26.2 Å². The predicted molar refractivity (Wildman–Crippen MR) is 64.1 cm³/mol. The Bertz CT molecular complexity index is 306. The summed E-state index contributed by atoms with van der Waals surface area (Å²) in [7, 11) is 2.76. The molecule has 0 spiro atoms. The Morgan fingerprint density at radius 2 is 2.00 bits per heavy atom. The van der Waals surface area contributed by atoms with Crippen LogP contribution >= 0.6 is 0 Å². The van der Waals surface area contributed by atoms with Crippen LogP contribution in [0, 0.1) is 0 Å². The first-order valence-electron chi connectivity index (χ1n) is 5.73. The number of rotatable bonds is 7. The highest BCUT2D eigenvalue weighted by Crippen LogP contribution is 1.99. The van der Waals surface area contributed by atoms with Crippen LogP contribution in [0.5, 0.6) is 0 Å². The van der Waals surface area contributed by atoms with Crippen LogP contribution in [-0.2, 0) is 14.3 Å². The first-order valence-corrected chi connectivity index (χ1v) is 5.73. The summed E-state index contributed by atoms with van der Waals surface area (Å²) in [6, 6.07) is -1.41. The molecule has 0 fully saturated rings. The molecule has 2 amide bonds. The van der Waals surface area contributed by atoms with Crippen molar-refractivity contribution in [1.82, 2.24) is 10.2 Å². The van der Waals surface area contributed by atoms with E-state index in [1.807, 2.05) is 6.92 Å². The third kappa shape index (κ3) is 6.07. The van der Waals surface area contributed by atoms with Crippen molar-refractivity contribution in [1.29, 1.82) is 0 Å². The average Bonchev–Trinajstić information content (AvgIpc) is 2.34. The number of nitrogens with one attached hydrogen (secondary N) is 1. The second-order valence-corrected chi connectivity index (χ2v) is 3.88. The van der Waals surface area contributed by atoms with Crippen molar-refractivity contribution in [3.05, 3.63) is 0 Å². The molecule has 2 N–H and O–H groups in total. The monoisotopic (exact) mass is 260 g/mol. The summed E-state index contributed by atoms with van der Waals surface area (Å²) in [5.74, 6) is -1.48. The van der Waals surface area contributed by atoms with E-state index >= 15 is 0 Å². The fourth-order valence-corrected chi connectivity index (χ4v) is 1.27. The van der Waals surface area contributed by atoms with E-state index in [2.05, 4.69) is 10.1 Å². The molecule has 18 heavy (non-hydrogen) atoms. The Balaban J connectivity index is 4.20. The van der Waals surface area contributed by atoms with Gasteiger partial charge in [-0.3, -0.25) is 4.79 Å². The number of hydrogen-bond donors (Lipinski definition) is 2. The molecule has 0 aromatic heterocycles. The summed E-state index contributed by atoms with van der Waals surface area (Å²) in [6.07, 6.45) is 1.10. The number of methoxy groups -OCH3 is 1. The zero-order valence-corrected chi connectivity index (χ0v) is 10.9. The smallest absolute Gasteiger partial charge is 0.326 e. The van der Waals surface area contributed by atoms with E-state index in [0.717, 1.165) is 0 Å². The summed E-state index contributed by atoms with van der Waals surface area (Å²) in [4.78, 5) is 34.6. The minimum atomic E-state index is -1.06. The number of aliphatic carboxylic acids is 1. The van der Waals surface area contributed by atoms with Gasteiger partial charge < -0.3 is 20.1 Å². The number of nitrogens with zero attached hydrogens (tertiary/aromatic N) is 1. The first kappa shape index (κ1) is 16.2. The van der Waals surface area contributed by atoms with E-state index in [0.29, 0.717) is 12.8 Å². The normalized spacial score (nSPS) is 11.5. The first-order chi connectivity index (χ1) is 8.42. The number of hydrogen-bond acceptors (Lipinski definition) is 4. The Kier molecular flexibility index (Phi) is 7.50. The largest absolute Gasteiger partial charge is 0.480 e. The maximum atomic E-state index is 11.6. The lowest BCUT2D eigenvalue weighted by molar-refractivity contribution is -0.141. The lowest BCUT2D eigenvalue weighted by Crippen LogP contribution is -2.47. The quantitative estimate of drug-likeness (QED) is 0.648. The summed E-state index contributed by atoms with van der Waals surface area (Å²) in [6.45, 7) is 2.01. The summed E-state index contributed by atoms with van der Waals surface area (Å²) < 4.78 is 4.45. The van der Waals surface area contributed by atoms with Gasteiger partial charge in [-0.1, -0.05) is 13.3 Å². The highest BCUT2D eigenvalue weighted by atomic mass is 16.5. The van der Waals surface area contributed by atoms with Crippen molar-refractivity contribution in [2.75, 3.05) is 20.7 Å². The van der Waals surface area contributed by atoms with Gasteiger partial charge in [-0.2, -0.15) is 0 Å². The molecule has 0 saturated carbocycles. The van der Waals surface area contributed by atoms with Crippen molar-refractivity contribution in [2.24, 2.45) is 0 Å². The van der Waals surface area contributed by atoms with Gasteiger partial charge in [0.25, 0.3) is 0 Å². The standard InChI is InChI=1S/C11H20N2O5/c1-4-5-8(10(15)16)12-11(17)13(2)7-6-9(14)18-3/h8H,4-7H2,1-3H3,(H,12,17)(H,15,16)/t8-/m0/s1. The van der Waals surface area contributed by atoms with Crippen LogP contribution in [0.4, 0.5) is 4.79 Å². The van der Waals surface area contributed by atoms with Gasteiger partial charge in [-0.05, 0) is 6.42 Å². The molecule has 104 valence electrons. The zero-order chi connectivity index (χ0) is 14.1. The fourth-order valence-electron chi connectivity index (χ4n) is 1.27. The molecule has 0 aromatic carbocycles. The molecule has 7 nitrogen and oxygen atoms in total. The molecule has 0 unspecified atom stereocenters. The molecule has 0 saturated heterocycles. The number of ether oxygens (including phenoxy) is 1. The third-order valence-electron chi connectivity index (χ3n) is 2.40. The van der Waals surface area contributed by atoms with Crippen molar-refractivity contribution < 1.29 is 24.2 Å². The Morgan fingerprint density at radius 3 is 2.44 bits per heavy atom. The number of carboxylic acids is 1. The van der Waals surface area contributed by atoms with Gasteiger partial charge in [0.15, 0.2) is 0 Å². The minimum absolute atomic E-state index is 0.0753. The Hall–Kier alpha value is -1.79. The molecule has 0 aliphatic carbocycles.